The number of carbonyl (C=O) groups is 1. The number of pyridine rings is 2. The summed E-state index contributed by atoms with van der Waals surface area (Å²) in [7, 11) is 0. The van der Waals surface area contributed by atoms with Gasteiger partial charge in [0.25, 0.3) is 5.91 Å². The lowest BCUT2D eigenvalue weighted by Gasteiger charge is -2.09. The van der Waals surface area contributed by atoms with Crippen molar-refractivity contribution in [3.63, 3.8) is 0 Å². The van der Waals surface area contributed by atoms with Crippen LogP contribution in [0.25, 0.3) is 22.5 Å². The lowest BCUT2D eigenvalue weighted by molar-refractivity contribution is 0.0940. The van der Waals surface area contributed by atoms with Gasteiger partial charge in [0, 0.05) is 60.4 Å². The van der Waals surface area contributed by atoms with Crippen molar-refractivity contribution < 1.29 is 4.79 Å². The van der Waals surface area contributed by atoms with Crippen LogP contribution in [0.3, 0.4) is 0 Å². The third-order valence-corrected chi connectivity index (χ3v) is 5.34. The van der Waals surface area contributed by atoms with Crippen LogP contribution in [0, 0.1) is 5.92 Å². The summed E-state index contributed by atoms with van der Waals surface area (Å²) in [5.74, 6) is 1.17. The van der Waals surface area contributed by atoms with Gasteiger partial charge in [0.05, 0.1) is 12.2 Å². The molecule has 1 aliphatic rings. The van der Waals surface area contributed by atoms with Gasteiger partial charge in [0.1, 0.15) is 5.69 Å². The van der Waals surface area contributed by atoms with E-state index in [1.54, 1.807) is 31.0 Å². The predicted octanol–water partition coefficient (Wildman–Crippen LogP) is 3.74. The van der Waals surface area contributed by atoms with Gasteiger partial charge < -0.3 is 9.88 Å². The molecule has 154 valence electrons. The fraction of sp³-hybridized carbons (Fsp3) is 0.208. The van der Waals surface area contributed by atoms with E-state index in [1.165, 1.54) is 12.8 Å². The minimum absolute atomic E-state index is 0.106. The van der Waals surface area contributed by atoms with Crippen LogP contribution in [-0.4, -0.2) is 30.4 Å². The Morgan fingerprint density at radius 2 is 1.84 bits per heavy atom. The van der Waals surface area contributed by atoms with Crippen LogP contribution in [0.1, 0.15) is 29.0 Å². The Kier molecular flexibility index (Phi) is 5.22. The van der Waals surface area contributed by atoms with Gasteiger partial charge >= 0.3 is 0 Å². The standard InChI is InChI=1S/C24H22N6O/c31-24(29-14-21-5-1-2-9-26-21)22-10-19(16-30(22)15-17-6-7-17)20-12-27-23(28-13-20)18-4-3-8-25-11-18/h1-5,8-13,16-17H,6-7,14-15H2,(H,29,31). The van der Waals surface area contributed by atoms with E-state index in [4.69, 9.17) is 0 Å². The Labute approximate surface area is 180 Å². The Morgan fingerprint density at radius 3 is 2.55 bits per heavy atom. The van der Waals surface area contributed by atoms with Gasteiger partial charge in [-0.25, -0.2) is 9.97 Å². The molecule has 0 unspecified atom stereocenters. The molecule has 7 nitrogen and oxygen atoms in total. The molecular formula is C24H22N6O. The Balaban J connectivity index is 1.38. The molecule has 4 heterocycles. The van der Waals surface area contributed by atoms with Crippen LogP contribution in [0.15, 0.2) is 73.6 Å². The Morgan fingerprint density at radius 1 is 0.968 bits per heavy atom. The molecule has 0 aromatic carbocycles. The zero-order valence-corrected chi connectivity index (χ0v) is 17.0. The highest BCUT2D eigenvalue weighted by atomic mass is 16.1. The summed E-state index contributed by atoms with van der Waals surface area (Å²) in [5.41, 5.74) is 4.15. The van der Waals surface area contributed by atoms with E-state index < -0.39 is 0 Å². The third-order valence-electron chi connectivity index (χ3n) is 5.34. The number of hydrogen-bond donors (Lipinski definition) is 1. The minimum Gasteiger partial charge on any atom is -0.345 e. The second kappa shape index (κ2) is 8.47. The van der Waals surface area contributed by atoms with E-state index in [0.717, 1.165) is 28.9 Å². The van der Waals surface area contributed by atoms with Crippen LogP contribution < -0.4 is 5.32 Å². The van der Waals surface area contributed by atoms with Crippen molar-refractivity contribution in [3.05, 3.63) is 85.0 Å². The molecule has 0 bridgehead atoms. The molecule has 1 saturated carbocycles. The average Bonchev–Trinajstić information content (AvgIpc) is 3.55. The first-order valence-corrected chi connectivity index (χ1v) is 10.4. The molecule has 0 saturated heterocycles. The molecule has 0 aliphatic heterocycles. The number of amides is 1. The topological polar surface area (TPSA) is 85.6 Å². The second-order valence-electron chi connectivity index (χ2n) is 7.75. The molecule has 1 fully saturated rings. The van der Waals surface area contributed by atoms with Gasteiger partial charge in [-0.05, 0) is 49.1 Å². The summed E-state index contributed by atoms with van der Waals surface area (Å²) < 4.78 is 2.05. The monoisotopic (exact) mass is 410 g/mol. The molecule has 4 aromatic heterocycles. The number of nitrogens with zero attached hydrogens (tertiary/aromatic N) is 5. The van der Waals surface area contributed by atoms with Gasteiger partial charge in [0.2, 0.25) is 0 Å². The molecule has 4 aromatic rings. The SMILES string of the molecule is O=C(NCc1ccccn1)c1cc(-c2cnc(-c3cccnc3)nc2)cn1CC1CC1. The highest BCUT2D eigenvalue weighted by Crippen LogP contribution is 2.32. The fourth-order valence-electron chi connectivity index (χ4n) is 3.47. The summed E-state index contributed by atoms with van der Waals surface area (Å²) in [4.78, 5) is 30.3. The van der Waals surface area contributed by atoms with Gasteiger partial charge in [-0.3, -0.25) is 14.8 Å². The largest absolute Gasteiger partial charge is 0.345 e. The van der Waals surface area contributed by atoms with Crippen molar-refractivity contribution in [2.24, 2.45) is 5.92 Å². The van der Waals surface area contributed by atoms with Crippen molar-refractivity contribution >= 4 is 5.91 Å². The van der Waals surface area contributed by atoms with E-state index in [9.17, 15) is 4.79 Å². The van der Waals surface area contributed by atoms with Gasteiger partial charge in [-0.2, -0.15) is 0 Å². The minimum atomic E-state index is -0.106. The van der Waals surface area contributed by atoms with Crippen LogP contribution >= 0.6 is 0 Å². The number of aromatic nitrogens is 5. The van der Waals surface area contributed by atoms with Gasteiger partial charge in [-0.15, -0.1) is 0 Å². The van der Waals surface area contributed by atoms with Crippen LogP contribution in [0.5, 0.6) is 0 Å². The van der Waals surface area contributed by atoms with Crippen LogP contribution in [0.2, 0.25) is 0 Å². The zero-order valence-electron chi connectivity index (χ0n) is 17.0. The van der Waals surface area contributed by atoms with Gasteiger partial charge in [-0.1, -0.05) is 6.07 Å². The summed E-state index contributed by atoms with van der Waals surface area (Å²) in [6, 6.07) is 11.4. The molecule has 7 heteroatoms. The first kappa shape index (κ1) is 19.1. The molecule has 1 aliphatic carbocycles. The molecule has 5 rings (SSSR count). The van der Waals surface area contributed by atoms with E-state index in [0.29, 0.717) is 24.0 Å². The first-order chi connectivity index (χ1) is 15.3. The highest BCUT2D eigenvalue weighted by Gasteiger charge is 2.24. The summed E-state index contributed by atoms with van der Waals surface area (Å²) in [6.07, 6.45) is 13.2. The third kappa shape index (κ3) is 4.50. The second-order valence-corrected chi connectivity index (χ2v) is 7.75. The lowest BCUT2D eigenvalue weighted by atomic mass is 10.1. The Bertz CT molecular complexity index is 1170. The van der Waals surface area contributed by atoms with Gasteiger partial charge in [0.15, 0.2) is 5.82 Å². The van der Waals surface area contributed by atoms with E-state index in [-0.39, 0.29) is 5.91 Å². The smallest absolute Gasteiger partial charge is 0.268 e. The lowest BCUT2D eigenvalue weighted by Crippen LogP contribution is -2.26. The summed E-state index contributed by atoms with van der Waals surface area (Å²) in [5, 5.41) is 2.98. The van der Waals surface area contributed by atoms with E-state index in [2.05, 4.69) is 29.8 Å². The van der Waals surface area contributed by atoms with Crippen molar-refractivity contribution in [2.75, 3.05) is 0 Å². The molecular weight excluding hydrogens is 388 g/mol. The molecule has 0 atom stereocenters. The van der Waals surface area contributed by atoms with Crippen LogP contribution in [0.4, 0.5) is 0 Å². The predicted molar refractivity (Wildman–Crippen MR) is 117 cm³/mol. The average molecular weight is 410 g/mol. The number of nitrogens with one attached hydrogen (secondary N) is 1. The maximum Gasteiger partial charge on any atom is 0.268 e. The van der Waals surface area contributed by atoms with E-state index >= 15 is 0 Å². The zero-order chi connectivity index (χ0) is 21.0. The first-order valence-electron chi connectivity index (χ1n) is 10.4. The molecule has 31 heavy (non-hydrogen) atoms. The van der Waals surface area contributed by atoms with Crippen molar-refractivity contribution in [1.29, 1.82) is 0 Å². The summed E-state index contributed by atoms with van der Waals surface area (Å²) >= 11 is 0. The summed E-state index contributed by atoms with van der Waals surface area (Å²) in [6.45, 7) is 1.24. The maximum absolute atomic E-state index is 12.9. The normalized spacial score (nSPS) is 13.2. The van der Waals surface area contributed by atoms with Crippen molar-refractivity contribution in [2.45, 2.75) is 25.9 Å². The number of rotatable bonds is 7. The van der Waals surface area contributed by atoms with Crippen molar-refractivity contribution in [3.8, 4) is 22.5 Å². The molecule has 1 N–H and O–H groups in total. The van der Waals surface area contributed by atoms with E-state index in [1.807, 2.05) is 42.6 Å². The number of hydrogen-bond acceptors (Lipinski definition) is 5. The number of carbonyl (C=O) groups excluding carboxylic acids is 1. The maximum atomic E-state index is 12.9. The van der Waals surface area contributed by atoms with Crippen LogP contribution in [-0.2, 0) is 13.1 Å². The highest BCUT2D eigenvalue weighted by molar-refractivity contribution is 5.94. The molecule has 1 amide bonds. The fourth-order valence-corrected chi connectivity index (χ4v) is 3.47. The Hall–Kier alpha value is -3.87. The molecule has 0 spiro atoms. The van der Waals surface area contributed by atoms with Crippen molar-refractivity contribution in [1.82, 2.24) is 29.8 Å². The quantitative estimate of drug-likeness (QED) is 0.502. The molecule has 0 radical (unpaired) electrons.